The van der Waals surface area contributed by atoms with E-state index in [2.05, 4.69) is 4.98 Å². The molecule has 0 aliphatic carbocycles. The Morgan fingerprint density at radius 1 is 1.38 bits per heavy atom. The minimum absolute atomic E-state index is 0.00847. The molecule has 0 radical (unpaired) electrons. The minimum atomic E-state index is -0.318. The molecule has 24 heavy (non-hydrogen) atoms. The van der Waals surface area contributed by atoms with Gasteiger partial charge in [-0.2, -0.15) is 0 Å². The lowest BCUT2D eigenvalue weighted by molar-refractivity contribution is -0.127. The zero-order valence-corrected chi connectivity index (χ0v) is 15.3. The molecule has 2 aromatic rings. The first-order valence-corrected chi connectivity index (χ1v) is 8.70. The number of thioether (sulfide) groups is 1. The second kappa shape index (κ2) is 8.30. The molecular weight excluding hydrogens is 326 g/mol. The van der Waals surface area contributed by atoms with Gasteiger partial charge in [-0.05, 0) is 25.5 Å². The van der Waals surface area contributed by atoms with E-state index in [4.69, 9.17) is 4.74 Å². The largest absolute Gasteiger partial charge is 0.385 e. The Labute approximate surface area is 145 Å². The van der Waals surface area contributed by atoms with Gasteiger partial charge in [0, 0.05) is 34.4 Å². The number of amides is 1. The lowest BCUT2D eigenvalue weighted by Crippen LogP contribution is -2.31. The molecule has 6 nitrogen and oxygen atoms in total. The van der Waals surface area contributed by atoms with Crippen LogP contribution in [0.4, 0.5) is 0 Å². The normalized spacial score (nSPS) is 12.3. The number of methoxy groups -OCH3 is 1. The molecule has 0 saturated carbocycles. The summed E-state index contributed by atoms with van der Waals surface area (Å²) in [5.41, 5.74) is 0.571. The van der Waals surface area contributed by atoms with E-state index < -0.39 is 0 Å². The third-order valence-electron chi connectivity index (χ3n) is 3.63. The molecule has 1 aromatic heterocycles. The summed E-state index contributed by atoms with van der Waals surface area (Å²) in [6.07, 6.45) is 0.708. The van der Waals surface area contributed by atoms with Gasteiger partial charge in [0.1, 0.15) is 0 Å². The van der Waals surface area contributed by atoms with E-state index in [1.54, 1.807) is 36.7 Å². The quantitative estimate of drug-likeness (QED) is 0.435. The first-order valence-electron chi connectivity index (χ1n) is 7.82. The van der Waals surface area contributed by atoms with Crippen molar-refractivity contribution in [3.63, 3.8) is 0 Å². The van der Waals surface area contributed by atoms with E-state index >= 15 is 0 Å². The summed E-state index contributed by atoms with van der Waals surface area (Å²) in [6, 6.07) is 7.28. The number of hydrogen-bond donors (Lipinski definition) is 0. The van der Waals surface area contributed by atoms with E-state index in [9.17, 15) is 9.59 Å². The van der Waals surface area contributed by atoms with Crippen LogP contribution in [0.3, 0.4) is 0 Å². The lowest BCUT2D eigenvalue weighted by Gasteiger charge is -2.18. The van der Waals surface area contributed by atoms with Gasteiger partial charge in [0.2, 0.25) is 5.91 Å². The number of para-hydroxylation sites is 1. The number of hydrogen-bond acceptors (Lipinski definition) is 5. The predicted molar refractivity (Wildman–Crippen MR) is 96.5 cm³/mol. The molecule has 0 aliphatic rings. The standard InChI is InChI=1S/C17H23N3O3S/c1-12(15(21)19(2)3)24-17-18-14-9-6-5-8-13(14)16(22)20(17)10-7-11-23-4/h5-6,8-9,12H,7,10-11H2,1-4H3. The van der Waals surface area contributed by atoms with Gasteiger partial charge in [-0.1, -0.05) is 23.9 Å². The summed E-state index contributed by atoms with van der Waals surface area (Å²) in [5.74, 6) is -0.00847. The highest BCUT2D eigenvalue weighted by Crippen LogP contribution is 2.23. The van der Waals surface area contributed by atoms with Gasteiger partial charge in [-0.15, -0.1) is 0 Å². The van der Waals surface area contributed by atoms with Crippen LogP contribution in [0.1, 0.15) is 13.3 Å². The highest BCUT2D eigenvalue weighted by Gasteiger charge is 2.20. The number of nitrogens with zero attached hydrogens (tertiary/aromatic N) is 3. The van der Waals surface area contributed by atoms with Gasteiger partial charge in [0.25, 0.3) is 5.56 Å². The zero-order chi connectivity index (χ0) is 17.7. The van der Waals surface area contributed by atoms with Crippen molar-refractivity contribution in [3.8, 4) is 0 Å². The Balaban J connectivity index is 2.43. The number of rotatable bonds is 7. The van der Waals surface area contributed by atoms with Gasteiger partial charge < -0.3 is 9.64 Å². The zero-order valence-electron chi connectivity index (χ0n) is 14.5. The lowest BCUT2D eigenvalue weighted by atomic mass is 10.2. The molecule has 1 amide bonds. The Morgan fingerprint density at radius 3 is 2.75 bits per heavy atom. The maximum absolute atomic E-state index is 12.8. The van der Waals surface area contributed by atoms with Crippen LogP contribution in [-0.4, -0.2) is 53.4 Å². The van der Waals surface area contributed by atoms with Gasteiger partial charge in [0.15, 0.2) is 5.16 Å². The van der Waals surface area contributed by atoms with Crippen LogP contribution in [0.2, 0.25) is 0 Å². The first-order chi connectivity index (χ1) is 11.5. The van der Waals surface area contributed by atoms with Crippen LogP contribution in [-0.2, 0) is 16.1 Å². The second-order valence-electron chi connectivity index (χ2n) is 5.71. The fraction of sp³-hybridized carbons (Fsp3) is 0.471. The highest BCUT2D eigenvalue weighted by molar-refractivity contribution is 8.00. The Hall–Kier alpha value is -1.86. The summed E-state index contributed by atoms with van der Waals surface area (Å²) in [6.45, 7) is 2.90. The molecular formula is C17H23N3O3S. The molecule has 0 saturated heterocycles. The molecule has 2 rings (SSSR count). The molecule has 0 bridgehead atoms. The minimum Gasteiger partial charge on any atom is -0.385 e. The average Bonchev–Trinajstić information content (AvgIpc) is 2.56. The molecule has 1 unspecified atom stereocenters. The van der Waals surface area contributed by atoms with Crippen molar-refractivity contribution in [2.45, 2.75) is 30.3 Å². The fourth-order valence-electron chi connectivity index (χ4n) is 2.37. The van der Waals surface area contributed by atoms with Crippen LogP contribution in [0.5, 0.6) is 0 Å². The number of fused-ring (bicyclic) bond motifs is 1. The Bertz CT molecular complexity index is 773. The highest BCUT2D eigenvalue weighted by atomic mass is 32.2. The molecule has 1 aromatic carbocycles. The van der Waals surface area contributed by atoms with E-state index in [1.807, 2.05) is 25.1 Å². The number of carbonyl (C=O) groups excluding carboxylic acids is 1. The van der Waals surface area contributed by atoms with E-state index in [-0.39, 0.29) is 16.7 Å². The summed E-state index contributed by atoms with van der Waals surface area (Å²) < 4.78 is 6.72. The van der Waals surface area contributed by atoms with E-state index in [0.717, 1.165) is 0 Å². The van der Waals surface area contributed by atoms with Crippen molar-refractivity contribution >= 4 is 28.6 Å². The van der Waals surface area contributed by atoms with Crippen molar-refractivity contribution in [1.29, 1.82) is 0 Å². The van der Waals surface area contributed by atoms with Gasteiger partial charge >= 0.3 is 0 Å². The van der Waals surface area contributed by atoms with E-state index in [1.165, 1.54) is 11.8 Å². The van der Waals surface area contributed by atoms with Crippen LogP contribution in [0, 0.1) is 0 Å². The third kappa shape index (κ3) is 4.15. The summed E-state index contributed by atoms with van der Waals surface area (Å²) in [5, 5.41) is 0.838. The van der Waals surface area contributed by atoms with Crippen LogP contribution >= 0.6 is 11.8 Å². The summed E-state index contributed by atoms with van der Waals surface area (Å²) in [4.78, 5) is 31.1. The Kier molecular flexibility index (Phi) is 6.39. The van der Waals surface area contributed by atoms with Crippen molar-refractivity contribution in [3.05, 3.63) is 34.6 Å². The fourth-order valence-corrected chi connectivity index (χ4v) is 3.45. The smallest absolute Gasteiger partial charge is 0.262 e. The molecule has 1 atom stereocenters. The van der Waals surface area contributed by atoms with Gasteiger partial charge in [0.05, 0.1) is 16.2 Å². The maximum atomic E-state index is 12.8. The summed E-state index contributed by atoms with van der Waals surface area (Å²) >= 11 is 1.31. The topological polar surface area (TPSA) is 64.4 Å². The predicted octanol–water partition coefficient (Wildman–Crippen LogP) is 2.00. The molecule has 130 valence electrons. The average molecular weight is 349 g/mol. The van der Waals surface area contributed by atoms with Gasteiger partial charge in [-0.25, -0.2) is 4.98 Å². The van der Waals surface area contributed by atoms with E-state index in [0.29, 0.717) is 35.6 Å². The van der Waals surface area contributed by atoms with Gasteiger partial charge in [-0.3, -0.25) is 14.2 Å². The molecule has 1 heterocycles. The molecule has 0 N–H and O–H groups in total. The third-order valence-corrected chi connectivity index (χ3v) is 4.71. The second-order valence-corrected chi connectivity index (χ2v) is 7.02. The number of carbonyl (C=O) groups is 1. The van der Waals surface area contributed by atoms with Crippen molar-refractivity contribution in [2.75, 3.05) is 27.8 Å². The first kappa shape index (κ1) is 18.5. The maximum Gasteiger partial charge on any atom is 0.262 e. The number of ether oxygens (including phenoxy) is 1. The van der Waals surface area contributed by atoms with Crippen molar-refractivity contribution in [2.24, 2.45) is 0 Å². The molecule has 0 aliphatic heterocycles. The molecule has 7 heteroatoms. The molecule has 0 spiro atoms. The Morgan fingerprint density at radius 2 is 2.08 bits per heavy atom. The van der Waals surface area contributed by atoms with Crippen LogP contribution in [0.25, 0.3) is 10.9 Å². The monoisotopic (exact) mass is 349 g/mol. The summed E-state index contributed by atoms with van der Waals surface area (Å²) in [7, 11) is 5.08. The molecule has 0 fully saturated rings. The number of benzene rings is 1. The number of aromatic nitrogens is 2. The van der Waals surface area contributed by atoms with Crippen molar-refractivity contribution < 1.29 is 9.53 Å². The van der Waals surface area contributed by atoms with Crippen LogP contribution in [0.15, 0.2) is 34.2 Å². The van der Waals surface area contributed by atoms with Crippen molar-refractivity contribution in [1.82, 2.24) is 14.5 Å². The van der Waals surface area contributed by atoms with Crippen LogP contribution < -0.4 is 5.56 Å². The SMILES string of the molecule is COCCCn1c(SC(C)C(=O)N(C)C)nc2ccccc2c1=O.